The lowest BCUT2D eigenvalue weighted by molar-refractivity contribution is -0.160. The first-order valence-corrected chi connectivity index (χ1v) is 14.5. The molecule has 0 fully saturated rings. The minimum Gasteiger partial charge on any atom is -0.463 e. The summed E-state index contributed by atoms with van der Waals surface area (Å²) in [6, 6.07) is 0. The normalized spacial score (nSPS) is 16.0. The van der Waals surface area contributed by atoms with Crippen molar-refractivity contribution in [1.29, 1.82) is 0 Å². The fraction of sp³-hybridized carbons (Fsp3) is 0.969. The van der Waals surface area contributed by atoms with Crippen LogP contribution in [0.5, 0.6) is 0 Å². The second-order valence-electron chi connectivity index (χ2n) is 15.6. The molecule has 0 aliphatic heterocycles. The molecule has 0 aliphatic rings. The molecule has 5 nitrogen and oxygen atoms in total. The molecule has 5 heteroatoms. The van der Waals surface area contributed by atoms with Crippen LogP contribution in [0, 0.1) is 28.1 Å². The number of carbonyl (C=O) groups is 1. The molecule has 2 unspecified atom stereocenters. The van der Waals surface area contributed by atoms with Crippen molar-refractivity contribution in [2.45, 2.75) is 147 Å². The van der Waals surface area contributed by atoms with E-state index in [9.17, 15) is 4.79 Å². The monoisotopic (exact) mass is 528 g/mol. The summed E-state index contributed by atoms with van der Waals surface area (Å²) < 4.78 is 24.4. The van der Waals surface area contributed by atoms with Gasteiger partial charge >= 0.3 is 5.97 Å². The van der Waals surface area contributed by atoms with E-state index in [1.165, 1.54) is 0 Å². The standard InChI is InChI=1S/C32H64O5/c1-17-29(9,10)37-23-24(2)31(13,14)32(15,16)36-19-18-30(11,12)35-21-20-34-26(33)25(28(6,7)8)22-27(3,4)5/h24-25H,17-23H2,1-16H3. The summed E-state index contributed by atoms with van der Waals surface area (Å²) in [5.74, 6) is 0.0689. The lowest BCUT2D eigenvalue weighted by atomic mass is 9.68. The van der Waals surface area contributed by atoms with Crippen LogP contribution in [0.3, 0.4) is 0 Å². The van der Waals surface area contributed by atoms with E-state index in [-0.39, 0.29) is 51.5 Å². The first-order valence-electron chi connectivity index (χ1n) is 14.5. The van der Waals surface area contributed by atoms with Crippen LogP contribution in [0.4, 0.5) is 0 Å². The van der Waals surface area contributed by atoms with Crippen molar-refractivity contribution >= 4 is 5.97 Å². The van der Waals surface area contributed by atoms with E-state index in [2.05, 4.69) is 111 Å². The number of rotatable bonds is 16. The molecule has 0 N–H and O–H groups in total. The third-order valence-electron chi connectivity index (χ3n) is 8.49. The van der Waals surface area contributed by atoms with Gasteiger partial charge in [-0.2, -0.15) is 0 Å². The molecular formula is C32H64O5. The SMILES string of the molecule is CCC(C)(C)OCC(C)C(C)(C)C(C)(C)OCCC(C)(C)OCCOC(=O)C(CC(C)(C)C)C(C)(C)C. The Bertz CT molecular complexity index is 676. The van der Waals surface area contributed by atoms with Crippen LogP contribution in [0.1, 0.15) is 130 Å². The molecule has 0 rings (SSSR count). The Balaban J connectivity index is 4.73. The van der Waals surface area contributed by atoms with Gasteiger partial charge in [-0.3, -0.25) is 4.79 Å². The van der Waals surface area contributed by atoms with Gasteiger partial charge in [0.1, 0.15) is 6.61 Å². The zero-order valence-electron chi connectivity index (χ0n) is 27.6. The zero-order valence-corrected chi connectivity index (χ0v) is 27.6. The molecule has 0 saturated carbocycles. The molecule has 0 heterocycles. The molecule has 0 aromatic rings. The minimum absolute atomic E-state index is 0.0642. The molecule has 0 aromatic heterocycles. The van der Waals surface area contributed by atoms with Crippen LogP contribution in [-0.4, -0.2) is 49.2 Å². The van der Waals surface area contributed by atoms with E-state index in [0.717, 1.165) is 19.3 Å². The minimum atomic E-state index is -0.374. The van der Waals surface area contributed by atoms with Crippen molar-refractivity contribution in [3.8, 4) is 0 Å². The maximum absolute atomic E-state index is 12.8. The molecule has 0 saturated heterocycles. The van der Waals surface area contributed by atoms with Crippen molar-refractivity contribution in [2.75, 3.05) is 26.4 Å². The topological polar surface area (TPSA) is 54.0 Å². The molecule has 0 aromatic carbocycles. The van der Waals surface area contributed by atoms with Crippen molar-refractivity contribution in [2.24, 2.45) is 28.1 Å². The lowest BCUT2D eigenvalue weighted by Gasteiger charge is -2.46. The molecule has 37 heavy (non-hydrogen) atoms. The van der Waals surface area contributed by atoms with E-state index in [1.54, 1.807) is 0 Å². The number of hydrogen-bond donors (Lipinski definition) is 0. The van der Waals surface area contributed by atoms with E-state index < -0.39 is 0 Å². The van der Waals surface area contributed by atoms with Crippen molar-refractivity contribution in [1.82, 2.24) is 0 Å². The molecule has 2 atom stereocenters. The largest absolute Gasteiger partial charge is 0.463 e. The lowest BCUT2D eigenvalue weighted by Crippen LogP contribution is -2.48. The summed E-state index contributed by atoms with van der Waals surface area (Å²) >= 11 is 0. The number of esters is 1. The van der Waals surface area contributed by atoms with Gasteiger partial charge in [-0.1, -0.05) is 69.2 Å². The van der Waals surface area contributed by atoms with E-state index in [0.29, 0.717) is 25.7 Å². The highest BCUT2D eigenvalue weighted by molar-refractivity contribution is 5.73. The van der Waals surface area contributed by atoms with Gasteiger partial charge < -0.3 is 18.9 Å². The van der Waals surface area contributed by atoms with Gasteiger partial charge in [-0.15, -0.1) is 0 Å². The van der Waals surface area contributed by atoms with E-state index >= 15 is 0 Å². The summed E-state index contributed by atoms with van der Waals surface area (Å²) in [4.78, 5) is 12.8. The highest BCUT2D eigenvalue weighted by atomic mass is 16.6. The maximum Gasteiger partial charge on any atom is 0.309 e. The summed E-state index contributed by atoms with van der Waals surface area (Å²) in [6.45, 7) is 36.4. The molecule has 0 aliphatic carbocycles. The predicted molar refractivity (Wildman–Crippen MR) is 156 cm³/mol. The van der Waals surface area contributed by atoms with Crippen molar-refractivity contribution in [3.05, 3.63) is 0 Å². The van der Waals surface area contributed by atoms with Crippen molar-refractivity contribution < 1.29 is 23.7 Å². The van der Waals surface area contributed by atoms with Gasteiger partial charge in [0, 0.05) is 0 Å². The summed E-state index contributed by atoms with van der Waals surface area (Å²) in [5.41, 5.74) is -0.959. The second-order valence-corrected chi connectivity index (χ2v) is 15.6. The fourth-order valence-electron chi connectivity index (χ4n) is 3.98. The van der Waals surface area contributed by atoms with Crippen LogP contribution in [0.25, 0.3) is 0 Å². The second kappa shape index (κ2) is 13.6. The van der Waals surface area contributed by atoms with Crippen LogP contribution in [0.15, 0.2) is 0 Å². The average molecular weight is 529 g/mol. The Labute approximate surface area is 231 Å². The highest BCUT2D eigenvalue weighted by Gasteiger charge is 2.43. The Kier molecular flexibility index (Phi) is 13.4. The summed E-state index contributed by atoms with van der Waals surface area (Å²) in [7, 11) is 0. The molecule has 0 spiro atoms. The van der Waals surface area contributed by atoms with Gasteiger partial charge in [0.25, 0.3) is 0 Å². The van der Waals surface area contributed by atoms with Crippen LogP contribution < -0.4 is 0 Å². The summed E-state index contributed by atoms with van der Waals surface area (Å²) in [6.07, 6.45) is 2.54. The van der Waals surface area contributed by atoms with E-state index in [4.69, 9.17) is 18.9 Å². The third-order valence-corrected chi connectivity index (χ3v) is 8.49. The molecule has 0 amide bonds. The first kappa shape index (κ1) is 36.4. The Morgan fingerprint density at radius 1 is 0.703 bits per heavy atom. The predicted octanol–water partition coefficient (Wildman–Crippen LogP) is 8.48. The zero-order chi connectivity index (χ0) is 29.5. The molecular weight excluding hydrogens is 464 g/mol. The number of hydrogen-bond acceptors (Lipinski definition) is 5. The van der Waals surface area contributed by atoms with Crippen LogP contribution in [0.2, 0.25) is 0 Å². The Morgan fingerprint density at radius 2 is 1.24 bits per heavy atom. The first-order chi connectivity index (χ1) is 16.4. The van der Waals surface area contributed by atoms with Gasteiger partial charge in [0.2, 0.25) is 0 Å². The number of ether oxygens (including phenoxy) is 4. The third kappa shape index (κ3) is 13.3. The molecule has 0 radical (unpaired) electrons. The van der Waals surface area contributed by atoms with Crippen LogP contribution in [-0.2, 0) is 23.7 Å². The molecule has 0 bridgehead atoms. The fourth-order valence-corrected chi connectivity index (χ4v) is 3.98. The van der Waals surface area contributed by atoms with E-state index in [1.807, 2.05) is 0 Å². The number of carbonyl (C=O) groups excluding carboxylic acids is 1. The van der Waals surface area contributed by atoms with Crippen LogP contribution >= 0.6 is 0 Å². The van der Waals surface area contributed by atoms with Crippen molar-refractivity contribution in [3.63, 3.8) is 0 Å². The van der Waals surface area contributed by atoms with Gasteiger partial charge in [-0.25, -0.2) is 0 Å². The Morgan fingerprint density at radius 3 is 1.70 bits per heavy atom. The van der Waals surface area contributed by atoms with Gasteiger partial charge in [-0.05, 0) is 83.0 Å². The Hall–Kier alpha value is -0.650. The molecule has 222 valence electrons. The maximum atomic E-state index is 12.8. The average Bonchev–Trinajstić information content (AvgIpc) is 2.71. The quantitative estimate of drug-likeness (QED) is 0.148. The van der Waals surface area contributed by atoms with Gasteiger partial charge in [0.05, 0.1) is 42.5 Å². The highest BCUT2D eigenvalue weighted by Crippen LogP contribution is 2.41. The smallest absolute Gasteiger partial charge is 0.309 e. The summed E-state index contributed by atoms with van der Waals surface area (Å²) in [5, 5.41) is 0. The van der Waals surface area contributed by atoms with Gasteiger partial charge in [0.15, 0.2) is 0 Å².